The third-order valence-corrected chi connectivity index (χ3v) is 4.90. The van der Waals surface area contributed by atoms with Gasteiger partial charge >= 0.3 is 5.97 Å². The molecule has 0 aliphatic carbocycles. The van der Waals surface area contributed by atoms with Crippen LogP contribution in [-0.2, 0) is 6.54 Å². The first-order valence-corrected chi connectivity index (χ1v) is 10.0. The number of fused-ring (bicyclic) bond motifs is 1. The number of hydrogen-bond acceptors (Lipinski definition) is 6. The molecular formula is C20H23N5O2S. The minimum Gasteiger partial charge on any atom is -0.477 e. The van der Waals surface area contributed by atoms with Crippen molar-refractivity contribution in [1.82, 2.24) is 9.88 Å². The van der Waals surface area contributed by atoms with Crippen LogP contribution in [0.25, 0.3) is 16.5 Å². The number of carboxylic acids is 1. The highest BCUT2D eigenvalue weighted by molar-refractivity contribution is 8.01. The number of carbonyl (C=O) groups is 1. The Hall–Kier alpha value is -2.71. The Morgan fingerprint density at radius 3 is 2.86 bits per heavy atom. The number of allylic oxidation sites excluding steroid dienone is 2. The van der Waals surface area contributed by atoms with Gasteiger partial charge in [-0.15, -0.1) is 0 Å². The van der Waals surface area contributed by atoms with Gasteiger partial charge in [-0.1, -0.05) is 38.1 Å². The van der Waals surface area contributed by atoms with Crippen molar-refractivity contribution in [2.75, 3.05) is 19.6 Å². The van der Waals surface area contributed by atoms with Gasteiger partial charge in [0, 0.05) is 35.0 Å². The summed E-state index contributed by atoms with van der Waals surface area (Å²) in [5.41, 5.74) is 3.83. The van der Waals surface area contributed by atoms with E-state index in [-0.39, 0.29) is 5.69 Å². The summed E-state index contributed by atoms with van der Waals surface area (Å²) >= 11 is 1.29. The molecule has 0 atom stereocenters. The Labute approximate surface area is 168 Å². The van der Waals surface area contributed by atoms with Gasteiger partial charge in [0.2, 0.25) is 0 Å². The third-order valence-electron chi connectivity index (χ3n) is 4.36. The van der Waals surface area contributed by atoms with Crippen molar-refractivity contribution in [2.24, 2.45) is 14.6 Å². The van der Waals surface area contributed by atoms with E-state index in [1.165, 1.54) is 11.9 Å². The molecular weight excluding hydrogens is 374 g/mol. The summed E-state index contributed by atoms with van der Waals surface area (Å²) in [5, 5.41) is 23.6. The molecule has 1 aromatic heterocycles. The van der Waals surface area contributed by atoms with Crippen LogP contribution in [0, 0.1) is 0 Å². The van der Waals surface area contributed by atoms with E-state index in [1.807, 2.05) is 34.3 Å². The first kappa shape index (κ1) is 20.0. The largest absolute Gasteiger partial charge is 0.477 e. The Kier molecular flexibility index (Phi) is 6.78. The highest BCUT2D eigenvalue weighted by Crippen LogP contribution is 2.33. The van der Waals surface area contributed by atoms with Crippen LogP contribution in [0.5, 0.6) is 0 Å². The molecule has 0 fully saturated rings. The standard InChI is InChI=1S/C16H12N4O2S.C4H11N/c21-16(22)14-7-10-3-1-4-11-12-8-17-19-13(12)9-18-23-6-2-5-20(14)15(10)11;1-3-5-4-2/h1-4,6-7,9H,5,8H2,(H,21,22);5H,3-4H2,1-2H3/b6-2-,18-9-;. The van der Waals surface area contributed by atoms with Gasteiger partial charge in [-0.2, -0.15) is 10.2 Å². The number of hydrogen-bond donors (Lipinski definition) is 2. The predicted octanol–water partition coefficient (Wildman–Crippen LogP) is 4.38. The number of rotatable bonds is 3. The van der Waals surface area contributed by atoms with E-state index >= 15 is 0 Å². The highest BCUT2D eigenvalue weighted by Gasteiger charge is 2.21. The summed E-state index contributed by atoms with van der Waals surface area (Å²) in [6.07, 6.45) is 3.61. The van der Waals surface area contributed by atoms with Crippen LogP contribution in [0.1, 0.15) is 29.9 Å². The maximum Gasteiger partial charge on any atom is 0.352 e. The molecule has 1 aromatic carbocycles. The molecule has 0 spiro atoms. The maximum atomic E-state index is 11.6. The molecule has 7 nitrogen and oxygen atoms in total. The average molecular weight is 398 g/mol. The number of nitrogens with one attached hydrogen (secondary N) is 1. The Balaban J connectivity index is 0.000000403. The molecule has 8 heteroatoms. The number of para-hydroxylation sites is 1. The highest BCUT2D eigenvalue weighted by atomic mass is 32.2. The lowest BCUT2D eigenvalue weighted by molar-refractivity contribution is 0.0686. The van der Waals surface area contributed by atoms with E-state index in [0.29, 0.717) is 13.1 Å². The summed E-state index contributed by atoms with van der Waals surface area (Å²) in [6, 6.07) is 7.56. The molecule has 0 saturated heterocycles. The van der Waals surface area contributed by atoms with Crippen molar-refractivity contribution in [1.29, 1.82) is 0 Å². The molecule has 28 heavy (non-hydrogen) atoms. The Bertz CT molecular complexity index is 986. The molecule has 146 valence electrons. The predicted molar refractivity (Wildman–Crippen MR) is 115 cm³/mol. The molecule has 3 heterocycles. The van der Waals surface area contributed by atoms with Crippen molar-refractivity contribution in [3.8, 4) is 0 Å². The molecule has 0 unspecified atom stereocenters. The smallest absolute Gasteiger partial charge is 0.352 e. The molecule has 0 saturated carbocycles. The van der Waals surface area contributed by atoms with Crippen LogP contribution in [0.15, 0.2) is 56.1 Å². The summed E-state index contributed by atoms with van der Waals surface area (Å²) in [5.74, 6) is -0.936. The average Bonchev–Trinajstić information content (AvgIpc) is 3.29. The first-order valence-electron chi connectivity index (χ1n) is 9.18. The molecule has 2 aliphatic heterocycles. The molecule has 2 aromatic rings. The minimum absolute atomic E-state index is 0.274. The van der Waals surface area contributed by atoms with Crippen LogP contribution >= 0.6 is 11.9 Å². The monoisotopic (exact) mass is 397 g/mol. The minimum atomic E-state index is -0.936. The van der Waals surface area contributed by atoms with Gasteiger partial charge in [0.05, 0.1) is 18.3 Å². The van der Waals surface area contributed by atoms with Crippen LogP contribution < -0.4 is 5.32 Å². The van der Waals surface area contributed by atoms with Crippen LogP contribution in [0.4, 0.5) is 0 Å². The molecule has 0 radical (unpaired) electrons. The lowest BCUT2D eigenvalue weighted by atomic mass is 10.0. The SMILES string of the molecule is CCNCC.O=C(O)c1cc2cccc3c2n1C/C=C\S/N=C\C1=C3CN=N1. The summed E-state index contributed by atoms with van der Waals surface area (Å²) < 4.78 is 6.07. The second-order valence-corrected chi connectivity index (χ2v) is 6.81. The molecule has 0 amide bonds. The number of carboxylic acid groups (broad SMARTS) is 1. The lowest BCUT2D eigenvalue weighted by Gasteiger charge is -2.10. The van der Waals surface area contributed by atoms with E-state index < -0.39 is 5.97 Å². The van der Waals surface area contributed by atoms with Crippen molar-refractivity contribution in [3.05, 3.63) is 52.7 Å². The van der Waals surface area contributed by atoms with Crippen LogP contribution in [-0.4, -0.2) is 41.5 Å². The van der Waals surface area contributed by atoms with E-state index in [4.69, 9.17) is 0 Å². The zero-order valence-electron chi connectivity index (χ0n) is 15.9. The zero-order chi connectivity index (χ0) is 19.9. The van der Waals surface area contributed by atoms with E-state index in [0.717, 1.165) is 40.8 Å². The van der Waals surface area contributed by atoms with Gasteiger partial charge < -0.3 is 15.0 Å². The Morgan fingerprint density at radius 1 is 1.32 bits per heavy atom. The quantitative estimate of drug-likeness (QED) is 0.752. The second-order valence-electron chi connectivity index (χ2n) is 6.12. The van der Waals surface area contributed by atoms with Gasteiger partial charge in [0.1, 0.15) is 11.4 Å². The molecule has 2 aliphatic rings. The van der Waals surface area contributed by atoms with Gasteiger partial charge in [-0.3, -0.25) is 0 Å². The molecule has 0 bridgehead atoms. The second kappa shape index (κ2) is 9.48. The Morgan fingerprint density at radius 2 is 2.14 bits per heavy atom. The topological polar surface area (TPSA) is 91.3 Å². The number of aromatic nitrogens is 1. The van der Waals surface area contributed by atoms with Gasteiger partial charge in [-0.25, -0.2) is 9.19 Å². The van der Waals surface area contributed by atoms with Crippen LogP contribution in [0.3, 0.4) is 0 Å². The fourth-order valence-electron chi connectivity index (χ4n) is 3.14. The van der Waals surface area contributed by atoms with Gasteiger partial charge in [0.25, 0.3) is 0 Å². The normalized spacial score (nSPS) is 17.5. The van der Waals surface area contributed by atoms with Crippen molar-refractivity contribution < 1.29 is 9.90 Å². The number of benzene rings is 1. The van der Waals surface area contributed by atoms with E-state index in [1.54, 1.807) is 12.3 Å². The maximum absolute atomic E-state index is 11.6. The fourth-order valence-corrected chi connectivity index (χ4v) is 3.55. The summed E-state index contributed by atoms with van der Waals surface area (Å²) in [6.45, 7) is 7.34. The van der Waals surface area contributed by atoms with Gasteiger partial charge in [0.15, 0.2) is 0 Å². The summed E-state index contributed by atoms with van der Waals surface area (Å²) in [4.78, 5) is 11.6. The molecule has 4 rings (SSSR count). The molecule has 2 N–H and O–H groups in total. The summed E-state index contributed by atoms with van der Waals surface area (Å²) in [7, 11) is 0. The van der Waals surface area contributed by atoms with E-state index in [9.17, 15) is 9.90 Å². The van der Waals surface area contributed by atoms with Crippen molar-refractivity contribution in [3.63, 3.8) is 0 Å². The number of aromatic carboxylic acids is 1. The lowest BCUT2D eigenvalue weighted by Crippen LogP contribution is -2.09. The fraction of sp³-hybridized carbons (Fsp3) is 0.300. The first-order chi connectivity index (χ1) is 13.7. The number of nitrogens with zero attached hydrogens (tertiary/aromatic N) is 4. The van der Waals surface area contributed by atoms with E-state index in [2.05, 4.69) is 33.8 Å². The van der Waals surface area contributed by atoms with Gasteiger partial charge in [-0.05, 0) is 24.6 Å². The third kappa shape index (κ3) is 4.23. The number of azo groups is 1. The van der Waals surface area contributed by atoms with Crippen LogP contribution in [0.2, 0.25) is 0 Å². The zero-order valence-corrected chi connectivity index (χ0v) is 16.7. The van der Waals surface area contributed by atoms with Crippen molar-refractivity contribution in [2.45, 2.75) is 20.4 Å². The van der Waals surface area contributed by atoms with Crippen molar-refractivity contribution >= 4 is 40.6 Å².